The fraction of sp³-hybridized carbons (Fsp3) is 0.433. The Hall–Kier alpha value is -3.61. The van der Waals surface area contributed by atoms with Gasteiger partial charge in [0.05, 0.1) is 4.92 Å². The summed E-state index contributed by atoms with van der Waals surface area (Å²) in [5.74, 6) is 0.489. The van der Waals surface area contributed by atoms with Crippen molar-refractivity contribution < 1.29 is 19.2 Å². The molecule has 0 unspecified atom stereocenters. The lowest BCUT2D eigenvalue weighted by Gasteiger charge is -2.42. The number of hydrogen-bond donors (Lipinski definition) is 1. The molecule has 0 saturated carbocycles. The van der Waals surface area contributed by atoms with Crippen molar-refractivity contribution in [2.75, 3.05) is 6.54 Å². The zero-order valence-corrected chi connectivity index (χ0v) is 22.6. The molecule has 7 heteroatoms. The number of phenolic OH excluding ortho intramolecular Hbond substituents is 1. The van der Waals surface area contributed by atoms with Gasteiger partial charge >= 0.3 is 0 Å². The van der Waals surface area contributed by atoms with Gasteiger partial charge in [-0.05, 0) is 78.0 Å². The number of phenols is 1. The number of nitro benzene ring substituents is 1. The van der Waals surface area contributed by atoms with Crippen LogP contribution >= 0.6 is 0 Å². The minimum Gasteiger partial charge on any atom is -0.508 e. The van der Waals surface area contributed by atoms with Gasteiger partial charge in [0.2, 0.25) is 0 Å². The Morgan fingerprint density at radius 3 is 2.30 bits per heavy atom. The molecule has 3 aromatic rings. The molecule has 1 aliphatic rings. The first kappa shape index (κ1) is 26.5. The summed E-state index contributed by atoms with van der Waals surface area (Å²) in [6, 6.07) is 12.0. The van der Waals surface area contributed by atoms with Crippen LogP contribution in [0.2, 0.25) is 0 Å². The van der Waals surface area contributed by atoms with Crippen LogP contribution in [0, 0.1) is 17.0 Å². The van der Waals surface area contributed by atoms with E-state index in [-0.39, 0.29) is 40.5 Å². The van der Waals surface area contributed by atoms with Gasteiger partial charge in [0.15, 0.2) is 5.76 Å². The van der Waals surface area contributed by atoms with E-state index in [2.05, 4.69) is 46.8 Å². The maximum absolute atomic E-state index is 13.2. The summed E-state index contributed by atoms with van der Waals surface area (Å²) in [7, 11) is 0. The van der Waals surface area contributed by atoms with Crippen LogP contribution in [0.15, 0.2) is 46.9 Å². The lowest BCUT2D eigenvalue weighted by molar-refractivity contribution is -0.385. The van der Waals surface area contributed by atoms with E-state index in [1.54, 1.807) is 6.07 Å². The molecule has 0 fully saturated rings. The third kappa shape index (κ3) is 5.26. The van der Waals surface area contributed by atoms with E-state index in [1.807, 2.05) is 13.0 Å². The topological polar surface area (TPSA) is 96.8 Å². The molecule has 7 nitrogen and oxygen atoms in total. The van der Waals surface area contributed by atoms with Crippen LogP contribution in [0.4, 0.5) is 5.69 Å². The number of rotatable bonds is 7. The largest absolute Gasteiger partial charge is 0.508 e. The molecular formula is C30H36N2O5. The van der Waals surface area contributed by atoms with Crippen molar-refractivity contribution in [2.24, 2.45) is 0 Å². The van der Waals surface area contributed by atoms with Crippen LogP contribution in [0.3, 0.4) is 0 Å². The predicted octanol–water partition coefficient (Wildman–Crippen LogP) is 6.80. The molecule has 0 atom stereocenters. The summed E-state index contributed by atoms with van der Waals surface area (Å²) in [6.07, 6.45) is 2.89. The van der Waals surface area contributed by atoms with Crippen molar-refractivity contribution in [3.8, 4) is 5.75 Å². The monoisotopic (exact) mass is 504 g/mol. The minimum atomic E-state index is -0.523. The Morgan fingerprint density at radius 2 is 1.68 bits per heavy atom. The zero-order chi connectivity index (χ0) is 27.1. The van der Waals surface area contributed by atoms with Crippen molar-refractivity contribution in [1.29, 1.82) is 0 Å². The van der Waals surface area contributed by atoms with Gasteiger partial charge in [-0.25, -0.2) is 0 Å². The van der Waals surface area contributed by atoms with Crippen LogP contribution < -0.4 is 0 Å². The first-order chi connectivity index (χ1) is 17.3. The lowest BCUT2D eigenvalue weighted by atomic mass is 9.62. The van der Waals surface area contributed by atoms with Gasteiger partial charge in [0.1, 0.15) is 11.5 Å². The number of non-ortho nitro benzene ring substituents is 1. The third-order valence-electron chi connectivity index (χ3n) is 7.85. The van der Waals surface area contributed by atoms with E-state index < -0.39 is 4.92 Å². The molecule has 1 aliphatic carbocycles. The van der Waals surface area contributed by atoms with Gasteiger partial charge < -0.3 is 14.4 Å². The molecule has 0 aliphatic heterocycles. The van der Waals surface area contributed by atoms with Crippen LogP contribution in [-0.4, -0.2) is 27.4 Å². The molecule has 4 rings (SSSR count). The number of amides is 1. The third-order valence-corrected chi connectivity index (χ3v) is 7.85. The fourth-order valence-corrected chi connectivity index (χ4v) is 5.23. The van der Waals surface area contributed by atoms with Crippen molar-refractivity contribution >= 4 is 11.6 Å². The van der Waals surface area contributed by atoms with Crippen molar-refractivity contribution in [3.63, 3.8) is 0 Å². The number of carbonyl (C=O) groups excluding carboxylic acids is 1. The number of nitro groups is 1. The number of carbonyl (C=O) groups is 1. The Balaban J connectivity index is 1.56. The highest BCUT2D eigenvalue weighted by Gasteiger charge is 2.37. The second-order valence-electron chi connectivity index (χ2n) is 11.4. The van der Waals surface area contributed by atoms with Crippen molar-refractivity contribution in [2.45, 2.75) is 78.2 Å². The molecule has 1 N–H and O–H groups in total. The van der Waals surface area contributed by atoms with Crippen LogP contribution in [0.25, 0.3) is 0 Å². The fourth-order valence-electron chi connectivity index (χ4n) is 5.23. The maximum Gasteiger partial charge on any atom is 0.289 e. The Bertz CT molecular complexity index is 1350. The highest BCUT2D eigenvalue weighted by molar-refractivity contribution is 5.91. The molecule has 1 amide bonds. The molecule has 1 aromatic heterocycles. The van der Waals surface area contributed by atoms with Crippen LogP contribution in [0.1, 0.15) is 91.6 Å². The Labute approximate surface area is 218 Å². The molecule has 2 aromatic carbocycles. The first-order valence-electron chi connectivity index (χ1n) is 12.8. The summed E-state index contributed by atoms with van der Waals surface area (Å²) < 4.78 is 5.99. The summed E-state index contributed by atoms with van der Waals surface area (Å²) in [5, 5.41) is 21.3. The number of hydrogen-bond acceptors (Lipinski definition) is 5. The Kier molecular flexibility index (Phi) is 6.93. The minimum absolute atomic E-state index is 0.0354. The summed E-state index contributed by atoms with van der Waals surface area (Å²) in [4.78, 5) is 25.3. The number of benzene rings is 2. The summed E-state index contributed by atoms with van der Waals surface area (Å²) in [6.45, 7) is 13.6. The second kappa shape index (κ2) is 9.69. The average molecular weight is 505 g/mol. The summed E-state index contributed by atoms with van der Waals surface area (Å²) in [5.41, 5.74) is 5.64. The lowest BCUT2D eigenvalue weighted by Crippen LogP contribution is -2.34. The predicted molar refractivity (Wildman–Crippen MR) is 143 cm³/mol. The van der Waals surface area contributed by atoms with E-state index in [1.165, 1.54) is 45.4 Å². The van der Waals surface area contributed by atoms with E-state index in [4.69, 9.17) is 4.42 Å². The number of aryl methyl sites for hydroxylation is 1. The van der Waals surface area contributed by atoms with Gasteiger partial charge in [0, 0.05) is 37.2 Å². The standard InChI is InChI=1S/C30H36N2O5/c1-7-31(18-21-15-22(32(35)36)8-10-26(21)33)28(34)27-11-9-23(37-27)16-20-17-25-24(14-19(20)2)29(3,4)12-13-30(25,5)6/h8-11,14-15,17,33H,7,12-13,16,18H2,1-6H3. The summed E-state index contributed by atoms with van der Waals surface area (Å²) >= 11 is 0. The SMILES string of the molecule is CCN(Cc1cc([N+](=O)[O-])ccc1O)C(=O)c1ccc(Cc2cc3c(cc2C)C(C)(C)CCC3(C)C)o1. The maximum atomic E-state index is 13.2. The van der Waals surface area contributed by atoms with Crippen molar-refractivity contribution in [3.05, 3.63) is 91.9 Å². The molecule has 0 radical (unpaired) electrons. The number of aromatic hydroxyl groups is 1. The van der Waals surface area contributed by atoms with E-state index in [9.17, 15) is 20.0 Å². The number of nitrogens with zero attached hydrogens (tertiary/aromatic N) is 2. The number of fused-ring (bicyclic) bond motifs is 1. The molecule has 1 heterocycles. The second-order valence-corrected chi connectivity index (χ2v) is 11.4. The molecule has 37 heavy (non-hydrogen) atoms. The van der Waals surface area contributed by atoms with Gasteiger partial charge in [-0.3, -0.25) is 14.9 Å². The van der Waals surface area contributed by atoms with Crippen LogP contribution in [0.5, 0.6) is 5.75 Å². The van der Waals surface area contributed by atoms with E-state index >= 15 is 0 Å². The van der Waals surface area contributed by atoms with E-state index in [0.717, 1.165) is 12.8 Å². The van der Waals surface area contributed by atoms with E-state index in [0.29, 0.717) is 24.3 Å². The smallest absolute Gasteiger partial charge is 0.289 e. The zero-order valence-electron chi connectivity index (χ0n) is 22.6. The van der Waals surface area contributed by atoms with Gasteiger partial charge in [-0.1, -0.05) is 39.8 Å². The first-order valence-corrected chi connectivity index (χ1v) is 12.8. The molecule has 0 spiro atoms. The normalized spacial score (nSPS) is 15.7. The quantitative estimate of drug-likeness (QED) is 0.282. The van der Waals surface area contributed by atoms with Gasteiger partial charge in [0.25, 0.3) is 11.6 Å². The molecule has 0 saturated heterocycles. The number of furan rings is 1. The highest BCUT2D eigenvalue weighted by Crippen LogP contribution is 2.46. The Morgan fingerprint density at radius 1 is 1.03 bits per heavy atom. The molecule has 0 bridgehead atoms. The van der Waals surface area contributed by atoms with Crippen LogP contribution in [-0.2, 0) is 23.8 Å². The average Bonchev–Trinajstić information content (AvgIpc) is 3.30. The molecular weight excluding hydrogens is 468 g/mol. The molecule has 196 valence electrons. The van der Waals surface area contributed by atoms with Gasteiger partial charge in [-0.15, -0.1) is 0 Å². The van der Waals surface area contributed by atoms with Gasteiger partial charge in [-0.2, -0.15) is 0 Å². The van der Waals surface area contributed by atoms with Crippen molar-refractivity contribution in [1.82, 2.24) is 4.90 Å². The highest BCUT2D eigenvalue weighted by atomic mass is 16.6.